The predicted molar refractivity (Wildman–Crippen MR) is 34.6 cm³/mol. The van der Waals surface area contributed by atoms with E-state index in [0.29, 0.717) is 0 Å². The standard InChI is InChI=1S/C8H10/c1-6-2-3-7-5-8(7)4-6/h4H,2-3,5H2,1H3. The number of hydrogen-bond donors (Lipinski definition) is 0. The van der Waals surface area contributed by atoms with Gasteiger partial charge in [-0.25, -0.2) is 0 Å². The zero-order valence-corrected chi connectivity index (χ0v) is 5.20. The Labute approximate surface area is 49.9 Å². The van der Waals surface area contributed by atoms with Crippen molar-refractivity contribution in [3.05, 3.63) is 22.8 Å². The SMILES string of the molecule is CC1=CC2=C(CC1)C2. The van der Waals surface area contributed by atoms with E-state index in [9.17, 15) is 0 Å². The normalized spacial score (nSPS) is 24.9. The van der Waals surface area contributed by atoms with Gasteiger partial charge >= 0.3 is 0 Å². The van der Waals surface area contributed by atoms with Gasteiger partial charge in [0.15, 0.2) is 0 Å². The first-order chi connectivity index (χ1) is 3.86. The molecule has 0 aromatic rings. The van der Waals surface area contributed by atoms with Crippen molar-refractivity contribution in [1.82, 2.24) is 0 Å². The second kappa shape index (κ2) is 1.25. The van der Waals surface area contributed by atoms with Crippen LogP contribution < -0.4 is 0 Å². The van der Waals surface area contributed by atoms with Crippen LogP contribution in [0.1, 0.15) is 26.2 Å². The van der Waals surface area contributed by atoms with E-state index < -0.39 is 0 Å². The van der Waals surface area contributed by atoms with E-state index in [2.05, 4.69) is 13.0 Å². The Morgan fingerprint density at radius 2 is 2.25 bits per heavy atom. The Hall–Kier alpha value is -0.520. The van der Waals surface area contributed by atoms with Crippen molar-refractivity contribution in [3.8, 4) is 0 Å². The fourth-order valence-corrected chi connectivity index (χ4v) is 1.31. The topological polar surface area (TPSA) is 0 Å². The summed E-state index contributed by atoms with van der Waals surface area (Å²) in [6, 6.07) is 0. The van der Waals surface area contributed by atoms with Crippen LogP contribution in [0, 0.1) is 0 Å². The van der Waals surface area contributed by atoms with E-state index >= 15 is 0 Å². The van der Waals surface area contributed by atoms with Gasteiger partial charge in [0.2, 0.25) is 0 Å². The largest absolute Gasteiger partial charge is 0.0727 e. The van der Waals surface area contributed by atoms with Crippen LogP contribution in [-0.4, -0.2) is 0 Å². The molecule has 0 aromatic heterocycles. The first kappa shape index (κ1) is 4.37. The second-order valence-electron chi connectivity index (χ2n) is 2.80. The fraction of sp³-hybridized carbons (Fsp3) is 0.500. The van der Waals surface area contributed by atoms with E-state index in [0.717, 1.165) is 0 Å². The molecule has 0 N–H and O–H groups in total. The molecule has 0 spiro atoms. The molecule has 0 aromatic carbocycles. The first-order valence-electron chi connectivity index (χ1n) is 3.24. The molecule has 0 nitrogen and oxygen atoms in total. The third kappa shape index (κ3) is 0.525. The number of hydrogen-bond acceptors (Lipinski definition) is 0. The smallest absolute Gasteiger partial charge is 0.00614 e. The van der Waals surface area contributed by atoms with Gasteiger partial charge in [0.05, 0.1) is 0 Å². The van der Waals surface area contributed by atoms with Gasteiger partial charge < -0.3 is 0 Å². The lowest BCUT2D eigenvalue weighted by Crippen LogP contribution is -1.78. The third-order valence-corrected chi connectivity index (χ3v) is 1.97. The van der Waals surface area contributed by atoms with Crippen molar-refractivity contribution in [3.63, 3.8) is 0 Å². The zero-order chi connectivity index (χ0) is 5.56. The van der Waals surface area contributed by atoms with Gasteiger partial charge in [-0.05, 0) is 31.8 Å². The molecule has 0 atom stereocenters. The maximum Gasteiger partial charge on any atom is -0.00614 e. The summed E-state index contributed by atoms with van der Waals surface area (Å²) >= 11 is 0. The minimum atomic E-state index is 1.32. The highest BCUT2D eigenvalue weighted by molar-refractivity contribution is 5.47. The average Bonchev–Trinajstić information content (AvgIpc) is 2.43. The molecule has 0 amide bonds. The highest BCUT2D eigenvalue weighted by Gasteiger charge is 2.21. The van der Waals surface area contributed by atoms with E-state index in [4.69, 9.17) is 0 Å². The Kier molecular flexibility index (Phi) is 0.682. The quantitative estimate of drug-likeness (QED) is 0.445. The van der Waals surface area contributed by atoms with Gasteiger partial charge in [-0.15, -0.1) is 0 Å². The van der Waals surface area contributed by atoms with Crippen molar-refractivity contribution < 1.29 is 0 Å². The van der Waals surface area contributed by atoms with Gasteiger partial charge in [0, 0.05) is 0 Å². The molecule has 0 aliphatic heterocycles. The summed E-state index contributed by atoms with van der Waals surface area (Å²) in [4.78, 5) is 0. The van der Waals surface area contributed by atoms with Crippen molar-refractivity contribution in [2.45, 2.75) is 26.2 Å². The van der Waals surface area contributed by atoms with Crippen LogP contribution in [0.3, 0.4) is 0 Å². The molecule has 0 heterocycles. The Balaban J connectivity index is 2.29. The molecule has 0 fully saturated rings. The van der Waals surface area contributed by atoms with E-state index in [1.807, 2.05) is 0 Å². The van der Waals surface area contributed by atoms with Crippen molar-refractivity contribution in [2.75, 3.05) is 0 Å². The van der Waals surface area contributed by atoms with Crippen LogP contribution in [-0.2, 0) is 0 Å². The number of allylic oxidation sites excluding steroid dienone is 4. The maximum atomic E-state index is 2.35. The molecule has 0 radical (unpaired) electrons. The molecule has 0 heteroatoms. The van der Waals surface area contributed by atoms with Gasteiger partial charge in [0.25, 0.3) is 0 Å². The van der Waals surface area contributed by atoms with Crippen LogP contribution in [0.5, 0.6) is 0 Å². The summed E-state index contributed by atoms with van der Waals surface area (Å²) in [6.07, 6.45) is 6.35. The lowest BCUT2D eigenvalue weighted by atomic mass is 10.1. The molecule has 8 heavy (non-hydrogen) atoms. The summed E-state index contributed by atoms with van der Waals surface area (Å²) in [6.45, 7) is 2.22. The maximum absolute atomic E-state index is 2.35. The Morgan fingerprint density at radius 1 is 1.38 bits per heavy atom. The van der Waals surface area contributed by atoms with Gasteiger partial charge in [-0.3, -0.25) is 0 Å². The molecular weight excluding hydrogens is 96.1 g/mol. The molecule has 2 aliphatic rings. The lowest BCUT2D eigenvalue weighted by molar-refractivity contribution is 0.943. The van der Waals surface area contributed by atoms with Gasteiger partial charge in [0.1, 0.15) is 0 Å². The van der Waals surface area contributed by atoms with Gasteiger partial charge in [-0.1, -0.05) is 17.2 Å². The van der Waals surface area contributed by atoms with Crippen molar-refractivity contribution >= 4 is 0 Å². The predicted octanol–water partition coefficient (Wildman–Crippen LogP) is 2.43. The molecule has 0 bridgehead atoms. The van der Waals surface area contributed by atoms with Crippen molar-refractivity contribution in [1.29, 1.82) is 0 Å². The van der Waals surface area contributed by atoms with E-state index in [1.54, 1.807) is 16.7 Å². The molecule has 2 aliphatic carbocycles. The molecule has 0 saturated heterocycles. The molecule has 0 saturated carbocycles. The third-order valence-electron chi connectivity index (χ3n) is 1.97. The molecule has 0 unspecified atom stereocenters. The molecule has 42 valence electrons. The Bertz CT molecular complexity index is 182. The van der Waals surface area contributed by atoms with Crippen LogP contribution in [0.4, 0.5) is 0 Å². The van der Waals surface area contributed by atoms with Crippen LogP contribution in [0.2, 0.25) is 0 Å². The van der Waals surface area contributed by atoms with Gasteiger partial charge in [-0.2, -0.15) is 0 Å². The highest BCUT2D eigenvalue weighted by Crippen LogP contribution is 2.40. The fourth-order valence-electron chi connectivity index (χ4n) is 1.31. The summed E-state index contributed by atoms with van der Waals surface area (Å²) in [5.74, 6) is 0. The number of rotatable bonds is 0. The monoisotopic (exact) mass is 106 g/mol. The summed E-state index contributed by atoms with van der Waals surface area (Å²) in [5.41, 5.74) is 4.92. The average molecular weight is 106 g/mol. The minimum absolute atomic E-state index is 1.32. The second-order valence-corrected chi connectivity index (χ2v) is 2.80. The minimum Gasteiger partial charge on any atom is -0.0727 e. The molecular formula is C8H10. The van der Waals surface area contributed by atoms with Crippen LogP contribution in [0.15, 0.2) is 22.8 Å². The highest BCUT2D eigenvalue weighted by atomic mass is 14.3. The van der Waals surface area contributed by atoms with E-state index in [1.165, 1.54) is 19.3 Å². The summed E-state index contributed by atoms with van der Waals surface area (Å²) < 4.78 is 0. The molecule has 2 rings (SSSR count). The summed E-state index contributed by atoms with van der Waals surface area (Å²) in [5, 5.41) is 0. The zero-order valence-electron chi connectivity index (χ0n) is 5.20. The lowest BCUT2D eigenvalue weighted by Gasteiger charge is -1.98. The van der Waals surface area contributed by atoms with Crippen molar-refractivity contribution in [2.24, 2.45) is 0 Å². The first-order valence-corrected chi connectivity index (χ1v) is 3.24. The van der Waals surface area contributed by atoms with Crippen LogP contribution in [0.25, 0.3) is 0 Å². The van der Waals surface area contributed by atoms with Crippen LogP contribution >= 0.6 is 0 Å². The Morgan fingerprint density at radius 3 is 2.88 bits per heavy atom. The summed E-state index contributed by atoms with van der Waals surface area (Å²) in [7, 11) is 0. The van der Waals surface area contributed by atoms with E-state index in [-0.39, 0.29) is 0 Å².